The number of amides is 2. The van der Waals surface area contributed by atoms with E-state index in [1.54, 1.807) is 16.9 Å². The van der Waals surface area contributed by atoms with E-state index in [9.17, 15) is 9.59 Å². The summed E-state index contributed by atoms with van der Waals surface area (Å²) in [5.41, 5.74) is -0.295. The summed E-state index contributed by atoms with van der Waals surface area (Å²) in [7, 11) is 3.55. The number of hydrogen-bond acceptors (Lipinski definition) is 4. The summed E-state index contributed by atoms with van der Waals surface area (Å²) in [5.74, 6) is -0.000854. The minimum absolute atomic E-state index is 0.00137. The molecule has 1 saturated heterocycles. The van der Waals surface area contributed by atoms with Gasteiger partial charge in [0.2, 0.25) is 11.8 Å². The molecule has 6 nitrogen and oxygen atoms in total. The second-order valence-corrected chi connectivity index (χ2v) is 6.87. The minimum atomic E-state index is -0.197. The number of hydrogen-bond donors (Lipinski definition) is 1. The summed E-state index contributed by atoms with van der Waals surface area (Å²) in [4.78, 5) is 27.6. The molecule has 1 aliphatic carbocycles. The zero-order chi connectivity index (χ0) is 15.8. The summed E-state index contributed by atoms with van der Waals surface area (Å²) in [6.45, 7) is 8.19. The molecule has 1 N–H and O–H groups in total. The zero-order valence-corrected chi connectivity index (χ0v) is 13.7. The molecule has 6 heteroatoms. The maximum atomic E-state index is 12.4. The molecule has 0 aromatic heterocycles. The third-order valence-corrected chi connectivity index (χ3v) is 5.60. The number of likely N-dealkylation sites (N-methyl/N-ethyl adjacent to an activating group) is 1. The van der Waals surface area contributed by atoms with Crippen LogP contribution in [0.3, 0.4) is 0 Å². The van der Waals surface area contributed by atoms with Crippen molar-refractivity contribution >= 4 is 11.8 Å². The fourth-order valence-electron chi connectivity index (χ4n) is 3.34. The molecule has 1 saturated carbocycles. The van der Waals surface area contributed by atoms with Crippen molar-refractivity contribution in [1.82, 2.24) is 15.1 Å². The SMILES string of the molecule is CO[C@@]1(C)C[C@H](N(C)C(=O)CN2CCNCC2=O)C1(C)C. The predicted molar refractivity (Wildman–Crippen MR) is 79.8 cm³/mol. The van der Waals surface area contributed by atoms with Gasteiger partial charge in [-0.1, -0.05) is 13.8 Å². The maximum Gasteiger partial charge on any atom is 0.242 e. The minimum Gasteiger partial charge on any atom is -0.378 e. The predicted octanol–water partition coefficient (Wildman–Crippen LogP) is 0.0802. The Hall–Kier alpha value is -1.14. The van der Waals surface area contributed by atoms with Crippen LogP contribution in [0.1, 0.15) is 27.2 Å². The normalized spacial score (nSPS) is 31.8. The van der Waals surface area contributed by atoms with E-state index in [1.807, 2.05) is 7.05 Å². The van der Waals surface area contributed by atoms with Crippen LogP contribution in [0.25, 0.3) is 0 Å². The lowest BCUT2D eigenvalue weighted by Crippen LogP contribution is -2.69. The number of carbonyl (C=O) groups is 2. The number of carbonyl (C=O) groups excluding carboxylic acids is 2. The van der Waals surface area contributed by atoms with Crippen LogP contribution in [0, 0.1) is 5.41 Å². The van der Waals surface area contributed by atoms with Crippen LogP contribution in [-0.2, 0) is 14.3 Å². The highest BCUT2D eigenvalue weighted by Gasteiger charge is 2.59. The molecule has 0 aromatic rings. The zero-order valence-electron chi connectivity index (χ0n) is 13.7. The van der Waals surface area contributed by atoms with Crippen LogP contribution in [0.2, 0.25) is 0 Å². The highest BCUT2D eigenvalue weighted by Crippen LogP contribution is 2.53. The lowest BCUT2D eigenvalue weighted by atomic mass is 9.55. The highest BCUT2D eigenvalue weighted by atomic mass is 16.5. The Balaban J connectivity index is 1.96. The Kier molecular flexibility index (Phi) is 4.31. The van der Waals surface area contributed by atoms with Gasteiger partial charge in [0.25, 0.3) is 0 Å². The van der Waals surface area contributed by atoms with E-state index in [0.29, 0.717) is 13.1 Å². The Labute approximate surface area is 126 Å². The van der Waals surface area contributed by atoms with E-state index < -0.39 is 0 Å². The monoisotopic (exact) mass is 297 g/mol. The molecule has 2 rings (SSSR count). The molecule has 2 fully saturated rings. The molecule has 2 atom stereocenters. The summed E-state index contributed by atoms with van der Waals surface area (Å²) in [6, 6.07) is 0.146. The standard InChI is InChI=1S/C15H27N3O3/c1-14(2)11(8-15(14,3)21-5)17(4)13(20)10-18-7-6-16-9-12(18)19/h11,16H,6-10H2,1-5H3/t11-,15-/m0/s1. The van der Waals surface area contributed by atoms with Crippen LogP contribution < -0.4 is 5.32 Å². The van der Waals surface area contributed by atoms with Crippen molar-refractivity contribution < 1.29 is 14.3 Å². The van der Waals surface area contributed by atoms with E-state index in [4.69, 9.17) is 4.74 Å². The molecule has 2 amide bonds. The molecule has 0 bridgehead atoms. The van der Waals surface area contributed by atoms with Crippen molar-refractivity contribution in [3.63, 3.8) is 0 Å². The molecular formula is C15H27N3O3. The van der Waals surface area contributed by atoms with Crippen molar-refractivity contribution in [1.29, 1.82) is 0 Å². The molecule has 0 unspecified atom stereocenters. The topological polar surface area (TPSA) is 61.9 Å². The van der Waals surface area contributed by atoms with Gasteiger partial charge in [-0.15, -0.1) is 0 Å². The molecular weight excluding hydrogens is 270 g/mol. The van der Waals surface area contributed by atoms with Crippen LogP contribution >= 0.6 is 0 Å². The second kappa shape index (κ2) is 5.57. The molecule has 1 aliphatic heterocycles. The Bertz CT molecular complexity index is 438. The van der Waals surface area contributed by atoms with Crippen molar-refractivity contribution in [3.8, 4) is 0 Å². The number of piperazine rings is 1. The number of rotatable bonds is 4. The Morgan fingerprint density at radius 3 is 2.67 bits per heavy atom. The van der Waals surface area contributed by atoms with E-state index >= 15 is 0 Å². The highest BCUT2D eigenvalue weighted by molar-refractivity contribution is 5.86. The number of methoxy groups -OCH3 is 1. The van der Waals surface area contributed by atoms with Gasteiger partial charge in [-0.25, -0.2) is 0 Å². The van der Waals surface area contributed by atoms with Gasteiger partial charge in [0, 0.05) is 38.7 Å². The van der Waals surface area contributed by atoms with Gasteiger partial charge < -0.3 is 19.9 Å². The van der Waals surface area contributed by atoms with Gasteiger partial charge in [0.05, 0.1) is 18.7 Å². The Morgan fingerprint density at radius 2 is 2.14 bits per heavy atom. The molecule has 21 heavy (non-hydrogen) atoms. The first kappa shape index (κ1) is 16.2. The fraction of sp³-hybridized carbons (Fsp3) is 0.867. The number of nitrogens with one attached hydrogen (secondary N) is 1. The van der Waals surface area contributed by atoms with E-state index in [2.05, 4.69) is 26.1 Å². The number of ether oxygens (including phenoxy) is 1. The van der Waals surface area contributed by atoms with Gasteiger partial charge in [0.15, 0.2) is 0 Å². The fourth-order valence-corrected chi connectivity index (χ4v) is 3.34. The van der Waals surface area contributed by atoms with Gasteiger partial charge >= 0.3 is 0 Å². The smallest absolute Gasteiger partial charge is 0.242 e. The van der Waals surface area contributed by atoms with Gasteiger partial charge in [-0.05, 0) is 13.3 Å². The average molecular weight is 297 g/mol. The van der Waals surface area contributed by atoms with E-state index in [0.717, 1.165) is 13.0 Å². The molecule has 120 valence electrons. The maximum absolute atomic E-state index is 12.4. The first-order chi connectivity index (χ1) is 9.73. The van der Waals surface area contributed by atoms with Crippen LogP contribution in [0.15, 0.2) is 0 Å². The van der Waals surface area contributed by atoms with Crippen molar-refractivity contribution in [3.05, 3.63) is 0 Å². The van der Waals surface area contributed by atoms with Gasteiger partial charge in [0.1, 0.15) is 0 Å². The quantitative estimate of drug-likeness (QED) is 0.798. The van der Waals surface area contributed by atoms with Crippen molar-refractivity contribution in [2.45, 2.75) is 38.8 Å². The van der Waals surface area contributed by atoms with Gasteiger partial charge in [-0.3, -0.25) is 9.59 Å². The summed E-state index contributed by atoms with van der Waals surface area (Å²) < 4.78 is 5.61. The lowest BCUT2D eigenvalue weighted by Gasteiger charge is -2.61. The molecule has 1 heterocycles. The first-order valence-corrected chi connectivity index (χ1v) is 7.52. The van der Waals surface area contributed by atoms with E-state index in [-0.39, 0.29) is 35.4 Å². The third kappa shape index (κ3) is 2.66. The van der Waals surface area contributed by atoms with Gasteiger partial charge in [-0.2, -0.15) is 0 Å². The largest absolute Gasteiger partial charge is 0.378 e. The van der Waals surface area contributed by atoms with Crippen molar-refractivity contribution in [2.24, 2.45) is 5.41 Å². The second-order valence-electron chi connectivity index (χ2n) is 6.87. The molecule has 0 spiro atoms. The first-order valence-electron chi connectivity index (χ1n) is 7.52. The number of nitrogens with zero attached hydrogens (tertiary/aromatic N) is 2. The average Bonchev–Trinajstić information content (AvgIpc) is 2.45. The Morgan fingerprint density at radius 1 is 1.48 bits per heavy atom. The van der Waals surface area contributed by atoms with Crippen molar-refractivity contribution in [2.75, 3.05) is 40.3 Å². The molecule has 2 aliphatic rings. The summed E-state index contributed by atoms with van der Waals surface area (Å²) in [5, 5.41) is 3.01. The van der Waals surface area contributed by atoms with Crippen LogP contribution in [0.5, 0.6) is 0 Å². The summed E-state index contributed by atoms with van der Waals surface area (Å²) in [6.07, 6.45) is 0.828. The third-order valence-electron chi connectivity index (χ3n) is 5.60. The van der Waals surface area contributed by atoms with Crippen LogP contribution in [-0.4, -0.2) is 73.6 Å². The molecule has 0 aromatic carbocycles. The lowest BCUT2D eigenvalue weighted by molar-refractivity contribution is -0.207. The molecule has 0 radical (unpaired) electrons. The van der Waals surface area contributed by atoms with E-state index in [1.165, 1.54) is 0 Å². The summed E-state index contributed by atoms with van der Waals surface area (Å²) >= 11 is 0. The van der Waals surface area contributed by atoms with Crippen LogP contribution in [0.4, 0.5) is 0 Å².